The Morgan fingerprint density at radius 1 is 1.40 bits per heavy atom. The Labute approximate surface area is 61.7 Å². The Hall–Kier alpha value is -0.730. The van der Waals surface area contributed by atoms with Crippen molar-refractivity contribution in [2.45, 2.75) is 19.3 Å². The van der Waals surface area contributed by atoms with Crippen LogP contribution in [0.15, 0.2) is 5.10 Å². The third-order valence-corrected chi connectivity index (χ3v) is 1.37. The van der Waals surface area contributed by atoms with Gasteiger partial charge in [0.25, 0.3) is 0 Å². The minimum atomic E-state index is 0.840. The largest absolute Gasteiger partial charge is 0.480 e. The molecule has 0 aliphatic carbocycles. The molecular formula is C7H14N2O. The normalized spacial score (nSPS) is 22.4. The van der Waals surface area contributed by atoms with Gasteiger partial charge in [0.05, 0.1) is 6.61 Å². The molecule has 58 valence electrons. The highest BCUT2D eigenvalue weighted by Crippen LogP contribution is 2.07. The molecule has 10 heavy (non-hydrogen) atoms. The van der Waals surface area contributed by atoms with E-state index >= 15 is 0 Å². The first-order valence-corrected chi connectivity index (χ1v) is 3.66. The molecule has 1 aliphatic heterocycles. The standard InChI is InChI=1S/C7H14N2O/c1-9(2)8-7-5-3-4-6-10-7/h3-6H2,1-2H3/b8-7-. The first-order valence-electron chi connectivity index (χ1n) is 3.66. The number of ether oxygens (including phenoxy) is 1. The van der Waals surface area contributed by atoms with Crippen LogP contribution in [0.1, 0.15) is 19.3 Å². The van der Waals surface area contributed by atoms with E-state index in [-0.39, 0.29) is 0 Å². The Bertz CT molecular complexity index is 124. The number of hydrogen-bond acceptors (Lipinski definition) is 3. The number of hydrogen-bond donors (Lipinski definition) is 0. The van der Waals surface area contributed by atoms with Crippen LogP contribution < -0.4 is 0 Å². The molecule has 0 atom stereocenters. The van der Waals surface area contributed by atoms with E-state index in [2.05, 4.69) is 5.10 Å². The first kappa shape index (κ1) is 7.38. The molecular weight excluding hydrogens is 128 g/mol. The van der Waals surface area contributed by atoms with Gasteiger partial charge in [-0.25, -0.2) is 0 Å². The molecule has 0 amide bonds. The summed E-state index contributed by atoms with van der Waals surface area (Å²) in [6.45, 7) is 0.840. The van der Waals surface area contributed by atoms with E-state index in [4.69, 9.17) is 4.74 Å². The number of nitrogens with zero attached hydrogens (tertiary/aromatic N) is 2. The van der Waals surface area contributed by atoms with Gasteiger partial charge < -0.3 is 4.74 Å². The molecule has 0 unspecified atom stereocenters. The zero-order chi connectivity index (χ0) is 7.40. The minimum Gasteiger partial charge on any atom is -0.480 e. The van der Waals surface area contributed by atoms with E-state index in [0.29, 0.717) is 0 Å². The highest BCUT2D eigenvalue weighted by molar-refractivity contribution is 5.76. The average Bonchev–Trinajstić information content (AvgIpc) is 1.88. The third-order valence-electron chi connectivity index (χ3n) is 1.37. The average molecular weight is 142 g/mol. The SMILES string of the molecule is CN(C)/N=C1/CCCCO1. The van der Waals surface area contributed by atoms with E-state index in [1.54, 1.807) is 5.01 Å². The second-order valence-corrected chi connectivity index (χ2v) is 2.65. The van der Waals surface area contributed by atoms with Crippen molar-refractivity contribution in [2.24, 2.45) is 5.10 Å². The van der Waals surface area contributed by atoms with Crippen LogP contribution in [0.3, 0.4) is 0 Å². The van der Waals surface area contributed by atoms with Crippen molar-refractivity contribution in [3.63, 3.8) is 0 Å². The van der Waals surface area contributed by atoms with Crippen LogP contribution in [0.5, 0.6) is 0 Å². The molecule has 3 heteroatoms. The van der Waals surface area contributed by atoms with Crippen molar-refractivity contribution in [3.8, 4) is 0 Å². The van der Waals surface area contributed by atoms with Gasteiger partial charge in [0.15, 0.2) is 0 Å². The van der Waals surface area contributed by atoms with Gasteiger partial charge in [0.1, 0.15) is 0 Å². The molecule has 0 saturated carbocycles. The zero-order valence-corrected chi connectivity index (χ0v) is 6.63. The van der Waals surface area contributed by atoms with Crippen molar-refractivity contribution in [2.75, 3.05) is 20.7 Å². The highest BCUT2D eigenvalue weighted by Gasteiger charge is 2.06. The van der Waals surface area contributed by atoms with Gasteiger partial charge >= 0.3 is 0 Å². The van der Waals surface area contributed by atoms with Gasteiger partial charge in [-0.1, -0.05) is 0 Å². The molecule has 0 spiro atoms. The van der Waals surface area contributed by atoms with Gasteiger partial charge in [0.2, 0.25) is 5.90 Å². The summed E-state index contributed by atoms with van der Waals surface area (Å²) >= 11 is 0. The summed E-state index contributed by atoms with van der Waals surface area (Å²) in [4.78, 5) is 0. The maximum Gasteiger partial charge on any atom is 0.205 e. The molecule has 0 aromatic rings. The van der Waals surface area contributed by atoms with Gasteiger partial charge in [-0.2, -0.15) is 0 Å². The van der Waals surface area contributed by atoms with E-state index < -0.39 is 0 Å². The molecule has 1 aliphatic rings. The van der Waals surface area contributed by atoms with Crippen LogP contribution in [-0.2, 0) is 4.74 Å². The molecule has 1 heterocycles. The van der Waals surface area contributed by atoms with E-state index in [9.17, 15) is 0 Å². The van der Waals surface area contributed by atoms with Crippen LogP contribution in [0, 0.1) is 0 Å². The van der Waals surface area contributed by atoms with Gasteiger partial charge in [-0.05, 0) is 12.8 Å². The molecule has 0 N–H and O–H groups in total. The lowest BCUT2D eigenvalue weighted by atomic mass is 10.2. The molecule has 0 aromatic carbocycles. The summed E-state index contributed by atoms with van der Waals surface area (Å²) in [5.41, 5.74) is 0. The first-order chi connectivity index (χ1) is 4.79. The summed E-state index contributed by atoms with van der Waals surface area (Å²) in [7, 11) is 3.82. The number of hydrazone groups is 1. The van der Waals surface area contributed by atoms with Gasteiger partial charge in [-0.3, -0.25) is 5.01 Å². The van der Waals surface area contributed by atoms with Crippen LogP contribution >= 0.6 is 0 Å². The lowest BCUT2D eigenvalue weighted by Gasteiger charge is -2.16. The van der Waals surface area contributed by atoms with Crippen molar-refractivity contribution in [1.29, 1.82) is 0 Å². The quantitative estimate of drug-likeness (QED) is 0.511. The topological polar surface area (TPSA) is 24.8 Å². The molecule has 0 aromatic heterocycles. The smallest absolute Gasteiger partial charge is 0.205 e. The monoisotopic (exact) mass is 142 g/mol. The molecule has 1 fully saturated rings. The molecule has 0 bridgehead atoms. The van der Waals surface area contributed by atoms with Crippen LogP contribution in [0.25, 0.3) is 0 Å². The minimum absolute atomic E-state index is 0.840. The highest BCUT2D eigenvalue weighted by atomic mass is 16.5. The maximum absolute atomic E-state index is 5.30. The van der Waals surface area contributed by atoms with Crippen molar-refractivity contribution in [1.82, 2.24) is 5.01 Å². The molecule has 0 radical (unpaired) electrons. The summed E-state index contributed by atoms with van der Waals surface area (Å²) in [6.07, 6.45) is 3.39. The fourth-order valence-electron chi connectivity index (χ4n) is 0.942. The summed E-state index contributed by atoms with van der Waals surface area (Å²) in [5, 5.41) is 5.94. The maximum atomic E-state index is 5.30. The number of rotatable bonds is 1. The fraction of sp³-hybridized carbons (Fsp3) is 0.857. The third kappa shape index (κ3) is 2.25. The van der Waals surface area contributed by atoms with E-state index in [1.165, 1.54) is 12.8 Å². The summed E-state index contributed by atoms with van der Waals surface area (Å²) < 4.78 is 5.30. The zero-order valence-electron chi connectivity index (χ0n) is 6.63. The van der Waals surface area contributed by atoms with Crippen molar-refractivity contribution < 1.29 is 4.74 Å². The lowest BCUT2D eigenvalue weighted by Crippen LogP contribution is -2.16. The lowest BCUT2D eigenvalue weighted by molar-refractivity contribution is 0.247. The van der Waals surface area contributed by atoms with Crippen LogP contribution in [0.4, 0.5) is 0 Å². The van der Waals surface area contributed by atoms with Crippen molar-refractivity contribution in [3.05, 3.63) is 0 Å². The van der Waals surface area contributed by atoms with Gasteiger partial charge in [-0.15, -0.1) is 5.10 Å². The van der Waals surface area contributed by atoms with Crippen LogP contribution in [0.2, 0.25) is 0 Å². The van der Waals surface area contributed by atoms with E-state index in [1.807, 2.05) is 14.1 Å². The predicted molar refractivity (Wildman–Crippen MR) is 40.9 cm³/mol. The fourth-order valence-corrected chi connectivity index (χ4v) is 0.942. The Kier molecular flexibility index (Phi) is 2.54. The molecule has 1 saturated heterocycles. The predicted octanol–water partition coefficient (Wildman–Crippen LogP) is 1.06. The summed E-state index contributed by atoms with van der Waals surface area (Å²) in [5.74, 6) is 0.885. The molecule has 3 nitrogen and oxygen atoms in total. The second-order valence-electron chi connectivity index (χ2n) is 2.65. The Morgan fingerprint density at radius 3 is 2.70 bits per heavy atom. The van der Waals surface area contributed by atoms with Crippen molar-refractivity contribution >= 4 is 5.90 Å². The van der Waals surface area contributed by atoms with E-state index in [0.717, 1.165) is 18.9 Å². The summed E-state index contributed by atoms with van der Waals surface area (Å²) in [6, 6.07) is 0. The Balaban J connectivity index is 2.37. The van der Waals surface area contributed by atoms with Gasteiger partial charge in [0, 0.05) is 20.5 Å². The molecule has 1 rings (SSSR count). The van der Waals surface area contributed by atoms with Crippen LogP contribution in [-0.4, -0.2) is 31.6 Å². The Morgan fingerprint density at radius 2 is 2.20 bits per heavy atom. The second kappa shape index (κ2) is 3.44.